The van der Waals surface area contributed by atoms with Crippen molar-refractivity contribution in [3.63, 3.8) is 0 Å². The van der Waals surface area contributed by atoms with Crippen LogP contribution in [0.5, 0.6) is 0 Å². The molecule has 0 saturated carbocycles. The van der Waals surface area contributed by atoms with Gasteiger partial charge in [0.1, 0.15) is 0 Å². The summed E-state index contributed by atoms with van der Waals surface area (Å²) in [5.41, 5.74) is 1.60. The average molecular weight is 222 g/mol. The summed E-state index contributed by atoms with van der Waals surface area (Å²) in [6, 6.07) is 0. The van der Waals surface area contributed by atoms with Crippen LogP contribution in [0.15, 0.2) is 11.6 Å². The van der Waals surface area contributed by atoms with Crippen molar-refractivity contribution >= 4 is 0 Å². The lowest BCUT2D eigenvalue weighted by Gasteiger charge is -2.28. The van der Waals surface area contributed by atoms with E-state index in [9.17, 15) is 0 Å². The van der Waals surface area contributed by atoms with E-state index >= 15 is 0 Å². The fourth-order valence-electron chi connectivity index (χ4n) is 2.92. The van der Waals surface area contributed by atoms with Crippen LogP contribution >= 0.6 is 0 Å². The molecule has 0 aromatic heterocycles. The highest BCUT2D eigenvalue weighted by atomic mass is 16.5. The van der Waals surface area contributed by atoms with Crippen molar-refractivity contribution in [3.8, 4) is 0 Å². The highest BCUT2D eigenvalue weighted by Gasteiger charge is 2.20. The van der Waals surface area contributed by atoms with Gasteiger partial charge in [0.2, 0.25) is 0 Å². The normalized spacial score (nSPS) is 35.9. The molecule has 0 amide bonds. The second-order valence-electron chi connectivity index (χ2n) is 5.86. The molecule has 1 aliphatic heterocycles. The molecule has 0 N–H and O–H groups in total. The summed E-state index contributed by atoms with van der Waals surface area (Å²) in [7, 11) is 0. The van der Waals surface area contributed by atoms with Crippen LogP contribution in [0.2, 0.25) is 0 Å². The van der Waals surface area contributed by atoms with Gasteiger partial charge in [0.25, 0.3) is 0 Å². The molecule has 2 rings (SSSR count). The maximum absolute atomic E-state index is 5.74. The van der Waals surface area contributed by atoms with Crippen LogP contribution in [0.4, 0.5) is 0 Å². The lowest BCUT2D eigenvalue weighted by atomic mass is 9.84. The first-order valence-corrected chi connectivity index (χ1v) is 7.01. The molecule has 16 heavy (non-hydrogen) atoms. The van der Waals surface area contributed by atoms with Crippen LogP contribution in [0.3, 0.4) is 0 Å². The molecule has 2 aliphatic rings. The summed E-state index contributed by atoms with van der Waals surface area (Å²) in [5, 5.41) is 0. The highest BCUT2D eigenvalue weighted by molar-refractivity contribution is 5.02. The Labute approximate surface area is 100 Å². The van der Waals surface area contributed by atoms with E-state index in [1.54, 1.807) is 5.57 Å². The first-order chi connectivity index (χ1) is 7.74. The van der Waals surface area contributed by atoms with Crippen molar-refractivity contribution in [2.45, 2.75) is 64.9 Å². The Bertz CT molecular complexity index is 236. The number of allylic oxidation sites excluding steroid dienone is 2. The molecule has 1 heterocycles. The highest BCUT2D eigenvalue weighted by Crippen LogP contribution is 2.30. The van der Waals surface area contributed by atoms with Gasteiger partial charge in [-0.25, -0.2) is 0 Å². The Kier molecular flexibility index (Phi) is 4.45. The maximum Gasteiger partial charge on any atom is 0.0547 e. The monoisotopic (exact) mass is 222 g/mol. The second-order valence-corrected chi connectivity index (χ2v) is 5.86. The summed E-state index contributed by atoms with van der Waals surface area (Å²) in [6.07, 6.45) is 12.5. The van der Waals surface area contributed by atoms with E-state index in [2.05, 4.69) is 19.9 Å². The molecule has 1 aliphatic carbocycles. The first-order valence-electron chi connectivity index (χ1n) is 7.01. The zero-order chi connectivity index (χ0) is 11.4. The van der Waals surface area contributed by atoms with Gasteiger partial charge in [-0.1, -0.05) is 11.6 Å². The summed E-state index contributed by atoms with van der Waals surface area (Å²) < 4.78 is 5.74. The van der Waals surface area contributed by atoms with Gasteiger partial charge in [0.05, 0.1) is 6.10 Å². The Morgan fingerprint density at radius 1 is 1.19 bits per heavy atom. The Morgan fingerprint density at radius 2 is 2.00 bits per heavy atom. The molecule has 3 atom stereocenters. The van der Waals surface area contributed by atoms with E-state index < -0.39 is 0 Å². The smallest absolute Gasteiger partial charge is 0.0547 e. The van der Waals surface area contributed by atoms with E-state index in [1.807, 2.05) is 0 Å². The first kappa shape index (κ1) is 12.2. The van der Waals surface area contributed by atoms with Gasteiger partial charge < -0.3 is 4.74 Å². The van der Waals surface area contributed by atoms with Gasteiger partial charge in [-0.3, -0.25) is 0 Å². The van der Waals surface area contributed by atoms with Gasteiger partial charge in [-0.05, 0) is 70.6 Å². The Morgan fingerprint density at radius 3 is 2.62 bits per heavy atom. The molecule has 3 unspecified atom stereocenters. The minimum Gasteiger partial charge on any atom is -0.378 e. The summed E-state index contributed by atoms with van der Waals surface area (Å²) in [4.78, 5) is 0. The number of rotatable bonds is 3. The fraction of sp³-hybridized carbons (Fsp3) is 0.867. The largest absolute Gasteiger partial charge is 0.378 e. The molecule has 0 aromatic rings. The van der Waals surface area contributed by atoms with Crippen LogP contribution in [0, 0.1) is 11.8 Å². The molecule has 0 radical (unpaired) electrons. The van der Waals surface area contributed by atoms with Crippen molar-refractivity contribution in [3.05, 3.63) is 11.6 Å². The van der Waals surface area contributed by atoms with Gasteiger partial charge in [-0.2, -0.15) is 0 Å². The molecule has 1 nitrogen and oxygen atoms in total. The molecule has 0 spiro atoms. The van der Waals surface area contributed by atoms with Gasteiger partial charge >= 0.3 is 0 Å². The van der Waals surface area contributed by atoms with Crippen LogP contribution in [-0.2, 0) is 4.74 Å². The number of hydrogen-bond donors (Lipinski definition) is 0. The molecule has 0 bridgehead atoms. The Balaban J connectivity index is 1.64. The zero-order valence-electron chi connectivity index (χ0n) is 10.9. The molecular weight excluding hydrogens is 196 g/mol. The maximum atomic E-state index is 5.74. The molecule has 1 saturated heterocycles. The fourth-order valence-corrected chi connectivity index (χ4v) is 2.92. The molecule has 0 aromatic carbocycles. The third kappa shape index (κ3) is 3.62. The van der Waals surface area contributed by atoms with Crippen molar-refractivity contribution in [2.24, 2.45) is 11.8 Å². The molecular formula is C15H26O. The SMILES string of the molecule is CC1=CCC(CCC2CCC(C)OC2)CC1. The molecule has 92 valence electrons. The van der Waals surface area contributed by atoms with Crippen molar-refractivity contribution < 1.29 is 4.74 Å². The third-order valence-electron chi connectivity index (χ3n) is 4.33. The van der Waals surface area contributed by atoms with Crippen molar-refractivity contribution in [1.29, 1.82) is 0 Å². The van der Waals surface area contributed by atoms with E-state index in [4.69, 9.17) is 4.74 Å². The Hall–Kier alpha value is -0.300. The van der Waals surface area contributed by atoms with E-state index in [0.717, 1.165) is 18.4 Å². The minimum atomic E-state index is 0.511. The standard InChI is InChI=1S/C15H26O/c1-12-3-6-14(7-4-12)9-10-15-8-5-13(2)16-11-15/h3,13-15H,4-11H2,1-2H3. The van der Waals surface area contributed by atoms with Gasteiger partial charge in [0.15, 0.2) is 0 Å². The lowest BCUT2D eigenvalue weighted by Crippen LogP contribution is -2.24. The topological polar surface area (TPSA) is 9.23 Å². The molecule has 1 fully saturated rings. The van der Waals surface area contributed by atoms with Crippen LogP contribution in [0.25, 0.3) is 0 Å². The van der Waals surface area contributed by atoms with Crippen LogP contribution < -0.4 is 0 Å². The predicted octanol–water partition coefficient (Wildman–Crippen LogP) is 4.33. The summed E-state index contributed by atoms with van der Waals surface area (Å²) in [5.74, 6) is 1.81. The van der Waals surface area contributed by atoms with Gasteiger partial charge in [-0.15, -0.1) is 0 Å². The lowest BCUT2D eigenvalue weighted by molar-refractivity contribution is -0.00869. The summed E-state index contributed by atoms with van der Waals surface area (Å²) in [6.45, 7) is 5.49. The predicted molar refractivity (Wildman–Crippen MR) is 68.5 cm³/mol. The van der Waals surface area contributed by atoms with E-state index in [0.29, 0.717) is 6.10 Å². The quantitative estimate of drug-likeness (QED) is 0.646. The second kappa shape index (κ2) is 5.86. The van der Waals surface area contributed by atoms with Crippen LogP contribution in [0.1, 0.15) is 58.8 Å². The molecule has 1 heteroatoms. The van der Waals surface area contributed by atoms with Crippen LogP contribution in [-0.4, -0.2) is 12.7 Å². The number of ether oxygens (including phenoxy) is 1. The summed E-state index contributed by atoms with van der Waals surface area (Å²) >= 11 is 0. The van der Waals surface area contributed by atoms with Gasteiger partial charge in [0, 0.05) is 6.61 Å². The minimum absolute atomic E-state index is 0.511. The van der Waals surface area contributed by atoms with E-state index in [1.165, 1.54) is 44.9 Å². The number of hydrogen-bond acceptors (Lipinski definition) is 1. The van der Waals surface area contributed by atoms with Crippen molar-refractivity contribution in [1.82, 2.24) is 0 Å². The zero-order valence-corrected chi connectivity index (χ0v) is 10.9. The van der Waals surface area contributed by atoms with E-state index in [-0.39, 0.29) is 0 Å². The van der Waals surface area contributed by atoms with Crippen molar-refractivity contribution in [2.75, 3.05) is 6.61 Å². The third-order valence-corrected chi connectivity index (χ3v) is 4.33. The average Bonchev–Trinajstić information content (AvgIpc) is 2.30.